The SMILES string of the molecule is CC(C)[C@@H](NC(=O)O)C(N)=O. The van der Waals surface area contributed by atoms with Crippen molar-refractivity contribution in [2.24, 2.45) is 11.7 Å². The molecule has 2 amide bonds. The summed E-state index contributed by atoms with van der Waals surface area (Å²) in [5.41, 5.74) is 4.92. The maximum Gasteiger partial charge on any atom is 0.405 e. The smallest absolute Gasteiger partial charge is 0.405 e. The second-order valence-corrected chi connectivity index (χ2v) is 2.57. The van der Waals surface area contributed by atoms with Crippen LogP contribution in [0.2, 0.25) is 0 Å². The van der Waals surface area contributed by atoms with Gasteiger partial charge >= 0.3 is 6.09 Å². The van der Waals surface area contributed by atoms with Crippen molar-refractivity contribution < 1.29 is 14.7 Å². The highest BCUT2D eigenvalue weighted by Crippen LogP contribution is 1.99. The first-order valence-electron chi connectivity index (χ1n) is 3.24. The Balaban J connectivity index is 4.12. The largest absolute Gasteiger partial charge is 0.465 e. The Kier molecular flexibility index (Phi) is 3.36. The van der Waals surface area contributed by atoms with E-state index in [-0.39, 0.29) is 5.92 Å². The molecule has 0 saturated carbocycles. The van der Waals surface area contributed by atoms with Crippen molar-refractivity contribution in [1.29, 1.82) is 0 Å². The van der Waals surface area contributed by atoms with Gasteiger partial charge in [-0.05, 0) is 5.92 Å². The van der Waals surface area contributed by atoms with E-state index in [2.05, 4.69) is 0 Å². The van der Waals surface area contributed by atoms with Crippen LogP contribution < -0.4 is 11.1 Å². The average Bonchev–Trinajstić information content (AvgIpc) is 1.81. The lowest BCUT2D eigenvalue weighted by Gasteiger charge is -2.16. The number of hydrogen-bond acceptors (Lipinski definition) is 2. The minimum Gasteiger partial charge on any atom is -0.465 e. The van der Waals surface area contributed by atoms with Gasteiger partial charge in [0, 0.05) is 0 Å². The normalized spacial score (nSPS) is 12.6. The molecule has 4 N–H and O–H groups in total. The maximum absolute atomic E-state index is 10.6. The summed E-state index contributed by atoms with van der Waals surface area (Å²) >= 11 is 0. The third kappa shape index (κ3) is 3.44. The fraction of sp³-hybridized carbons (Fsp3) is 0.667. The van der Waals surface area contributed by atoms with E-state index < -0.39 is 18.0 Å². The fourth-order valence-electron chi connectivity index (χ4n) is 0.699. The van der Waals surface area contributed by atoms with Crippen molar-refractivity contribution in [2.45, 2.75) is 19.9 Å². The summed E-state index contributed by atoms with van der Waals surface area (Å²) in [6, 6.07) is -0.799. The maximum atomic E-state index is 10.6. The van der Waals surface area contributed by atoms with Crippen molar-refractivity contribution in [1.82, 2.24) is 5.32 Å². The molecule has 0 aliphatic rings. The van der Waals surface area contributed by atoms with Gasteiger partial charge in [0.15, 0.2) is 0 Å². The first kappa shape index (κ1) is 9.74. The first-order valence-corrected chi connectivity index (χ1v) is 3.24. The van der Waals surface area contributed by atoms with Crippen LogP contribution in [0.25, 0.3) is 0 Å². The molecule has 0 aliphatic heterocycles. The van der Waals surface area contributed by atoms with Gasteiger partial charge in [-0.15, -0.1) is 0 Å². The number of hydrogen-bond donors (Lipinski definition) is 3. The summed E-state index contributed by atoms with van der Waals surface area (Å²) < 4.78 is 0. The number of amides is 2. The van der Waals surface area contributed by atoms with Crippen LogP contribution in [0.1, 0.15) is 13.8 Å². The molecule has 0 aromatic heterocycles. The van der Waals surface area contributed by atoms with Crippen LogP contribution in [0.4, 0.5) is 4.79 Å². The molecular weight excluding hydrogens is 148 g/mol. The molecule has 0 aromatic carbocycles. The Bertz CT molecular complexity index is 167. The van der Waals surface area contributed by atoms with E-state index in [1.807, 2.05) is 5.32 Å². The second-order valence-electron chi connectivity index (χ2n) is 2.57. The third-order valence-electron chi connectivity index (χ3n) is 1.25. The zero-order valence-electron chi connectivity index (χ0n) is 6.50. The molecule has 0 radical (unpaired) electrons. The minimum atomic E-state index is -1.23. The van der Waals surface area contributed by atoms with Crippen molar-refractivity contribution in [3.8, 4) is 0 Å². The van der Waals surface area contributed by atoms with Gasteiger partial charge in [-0.2, -0.15) is 0 Å². The molecule has 0 aliphatic carbocycles. The monoisotopic (exact) mass is 160 g/mol. The average molecular weight is 160 g/mol. The van der Waals surface area contributed by atoms with Gasteiger partial charge in [-0.3, -0.25) is 4.79 Å². The predicted octanol–water partition coefficient (Wildman–Crippen LogP) is -0.236. The summed E-state index contributed by atoms with van der Waals surface area (Å²) in [5.74, 6) is -0.772. The van der Waals surface area contributed by atoms with Gasteiger partial charge in [0.25, 0.3) is 0 Å². The number of nitrogens with one attached hydrogen (secondary N) is 1. The topological polar surface area (TPSA) is 92.4 Å². The van der Waals surface area contributed by atoms with Gasteiger partial charge in [0.2, 0.25) is 5.91 Å². The molecule has 5 heteroatoms. The van der Waals surface area contributed by atoms with E-state index in [4.69, 9.17) is 10.8 Å². The quantitative estimate of drug-likeness (QED) is 0.532. The summed E-state index contributed by atoms with van der Waals surface area (Å²) in [6.07, 6.45) is -1.23. The molecule has 1 atom stereocenters. The summed E-state index contributed by atoms with van der Waals surface area (Å²) in [7, 11) is 0. The van der Waals surface area contributed by atoms with E-state index in [1.54, 1.807) is 13.8 Å². The third-order valence-corrected chi connectivity index (χ3v) is 1.25. The van der Waals surface area contributed by atoms with Crippen LogP contribution in [-0.2, 0) is 4.79 Å². The molecule has 0 fully saturated rings. The van der Waals surface area contributed by atoms with E-state index in [1.165, 1.54) is 0 Å². The first-order chi connectivity index (χ1) is 4.95. The molecule has 0 spiro atoms. The highest BCUT2D eigenvalue weighted by Gasteiger charge is 2.20. The van der Waals surface area contributed by atoms with Crippen molar-refractivity contribution >= 4 is 12.0 Å². The lowest BCUT2D eigenvalue weighted by molar-refractivity contribution is -0.120. The second kappa shape index (κ2) is 3.80. The molecule has 11 heavy (non-hydrogen) atoms. The zero-order chi connectivity index (χ0) is 9.02. The van der Waals surface area contributed by atoms with E-state index in [0.717, 1.165) is 0 Å². The molecular formula is C6H12N2O3. The van der Waals surface area contributed by atoms with Crippen LogP contribution in [0.15, 0.2) is 0 Å². The highest BCUT2D eigenvalue weighted by molar-refractivity contribution is 5.83. The van der Waals surface area contributed by atoms with Crippen LogP contribution in [0.5, 0.6) is 0 Å². The van der Waals surface area contributed by atoms with Crippen molar-refractivity contribution in [3.05, 3.63) is 0 Å². The Morgan fingerprint density at radius 2 is 1.91 bits per heavy atom. The number of carboxylic acid groups (broad SMARTS) is 1. The molecule has 0 heterocycles. The lowest BCUT2D eigenvalue weighted by Crippen LogP contribution is -2.47. The summed E-state index contributed by atoms with van der Waals surface area (Å²) in [6.45, 7) is 3.43. The Morgan fingerprint density at radius 3 is 2.00 bits per heavy atom. The van der Waals surface area contributed by atoms with Crippen molar-refractivity contribution in [3.63, 3.8) is 0 Å². The number of nitrogens with two attached hydrogens (primary N) is 1. The van der Waals surface area contributed by atoms with Gasteiger partial charge < -0.3 is 16.2 Å². The van der Waals surface area contributed by atoms with Gasteiger partial charge in [0.1, 0.15) is 6.04 Å². The Labute approximate surface area is 64.6 Å². The van der Waals surface area contributed by atoms with Crippen LogP contribution >= 0.6 is 0 Å². The van der Waals surface area contributed by atoms with E-state index in [9.17, 15) is 9.59 Å². The zero-order valence-corrected chi connectivity index (χ0v) is 6.50. The molecule has 0 aromatic rings. The minimum absolute atomic E-state index is 0.122. The number of carbonyl (C=O) groups is 2. The van der Waals surface area contributed by atoms with Gasteiger partial charge in [0.05, 0.1) is 0 Å². The summed E-state index contributed by atoms with van der Waals surface area (Å²) in [4.78, 5) is 20.7. The fourth-order valence-corrected chi connectivity index (χ4v) is 0.699. The molecule has 5 nitrogen and oxygen atoms in total. The highest BCUT2D eigenvalue weighted by atomic mass is 16.4. The molecule has 64 valence electrons. The number of rotatable bonds is 3. The van der Waals surface area contributed by atoms with E-state index >= 15 is 0 Å². The Hall–Kier alpha value is -1.26. The Morgan fingerprint density at radius 1 is 1.45 bits per heavy atom. The van der Waals surface area contributed by atoms with Crippen LogP contribution in [-0.4, -0.2) is 23.1 Å². The van der Waals surface area contributed by atoms with Crippen LogP contribution in [0.3, 0.4) is 0 Å². The van der Waals surface area contributed by atoms with Crippen LogP contribution in [0, 0.1) is 5.92 Å². The molecule has 0 rings (SSSR count). The molecule has 0 bridgehead atoms. The standard InChI is InChI=1S/C6H12N2O3/c1-3(2)4(5(7)9)8-6(10)11/h3-4,8H,1-2H3,(H2,7,9)(H,10,11)/t4-/m1/s1. The number of carbonyl (C=O) groups excluding carboxylic acids is 1. The van der Waals surface area contributed by atoms with E-state index in [0.29, 0.717) is 0 Å². The predicted molar refractivity (Wildman–Crippen MR) is 39.0 cm³/mol. The van der Waals surface area contributed by atoms with Gasteiger partial charge in [-0.1, -0.05) is 13.8 Å². The lowest BCUT2D eigenvalue weighted by atomic mass is 10.0. The molecule has 0 saturated heterocycles. The summed E-state index contributed by atoms with van der Waals surface area (Å²) in [5, 5.41) is 10.3. The number of primary amides is 1. The molecule has 0 unspecified atom stereocenters. The van der Waals surface area contributed by atoms with Crippen molar-refractivity contribution in [2.75, 3.05) is 0 Å². The van der Waals surface area contributed by atoms with Gasteiger partial charge in [-0.25, -0.2) is 4.79 Å².